The van der Waals surface area contributed by atoms with E-state index in [9.17, 15) is 0 Å². The highest BCUT2D eigenvalue weighted by atomic mass is 14.5. The predicted molar refractivity (Wildman–Crippen MR) is 105 cm³/mol. The molecule has 0 aliphatic carbocycles. The third kappa shape index (κ3) is 6.17. The van der Waals surface area contributed by atoms with Gasteiger partial charge in [-0.1, -0.05) is 61.2 Å². The first-order chi connectivity index (χ1) is 11.5. The summed E-state index contributed by atoms with van der Waals surface area (Å²) in [5.74, 6) is 0. The lowest BCUT2D eigenvalue weighted by atomic mass is 10.0. The zero-order valence-corrected chi connectivity index (χ0v) is 14.2. The van der Waals surface area contributed by atoms with Crippen molar-refractivity contribution in [1.82, 2.24) is 0 Å². The van der Waals surface area contributed by atoms with Gasteiger partial charge in [-0.2, -0.15) is 0 Å². The van der Waals surface area contributed by atoms with Gasteiger partial charge < -0.3 is 11.5 Å². The highest BCUT2D eigenvalue weighted by molar-refractivity contribution is 5.39. The van der Waals surface area contributed by atoms with Gasteiger partial charge in [-0.3, -0.25) is 0 Å². The van der Waals surface area contributed by atoms with Crippen molar-refractivity contribution in [2.75, 3.05) is 5.73 Å². The van der Waals surface area contributed by atoms with E-state index in [2.05, 4.69) is 49.6 Å². The minimum Gasteiger partial charge on any atom is -0.399 e. The number of allylic oxidation sites excluding steroid dienone is 3. The Hall–Kier alpha value is -2.74. The van der Waals surface area contributed by atoms with Crippen LogP contribution in [0.5, 0.6) is 0 Å². The Morgan fingerprint density at radius 1 is 0.750 bits per heavy atom. The number of benzene rings is 2. The van der Waals surface area contributed by atoms with Crippen molar-refractivity contribution >= 4 is 5.69 Å². The Morgan fingerprint density at radius 3 is 1.71 bits per heavy atom. The highest BCUT2D eigenvalue weighted by Gasteiger charge is 1.99. The van der Waals surface area contributed by atoms with E-state index in [1.54, 1.807) is 6.08 Å². The quantitative estimate of drug-likeness (QED) is 0.553. The normalized spacial score (nSPS) is 10.8. The second-order valence-corrected chi connectivity index (χ2v) is 6.12. The van der Waals surface area contributed by atoms with Crippen molar-refractivity contribution in [2.45, 2.75) is 25.7 Å². The highest BCUT2D eigenvalue weighted by Crippen LogP contribution is 2.13. The van der Waals surface area contributed by atoms with E-state index in [0.717, 1.165) is 36.9 Å². The van der Waals surface area contributed by atoms with E-state index >= 15 is 0 Å². The topological polar surface area (TPSA) is 52.0 Å². The Kier molecular flexibility index (Phi) is 6.44. The first-order valence-electron chi connectivity index (χ1n) is 8.25. The molecule has 0 aromatic heterocycles. The van der Waals surface area contributed by atoms with Crippen LogP contribution in [0, 0.1) is 0 Å². The van der Waals surface area contributed by atoms with Crippen molar-refractivity contribution in [3.05, 3.63) is 102 Å². The summed E-state index contributed by atoms with van der Waals surface area (Å²) in [5.41, 5.74) is 17.7. The van der Waals surface area contributed by atoms with Crippen LogP contribution >= 0.6 is 0 Å². The number of nitrogen functional groups attached to an aromatic ring is 1. The molecule has 0 fully saturated rings. The molecule has 0 radical (unpaired) electrons. The summed E-state index contributed by atoms with van der Waals surface area (Å²) in [7, 11) is 0. The first kappa shape index (κ1) is 17.6. The average molecular weight is 318 g/mol. The van der Waals surface area contributed by atoms with Crippen LogP contribution < -0.4 is 11.5 Å². The van der Waals surface area contributed by atoms with E-state index < -0.39 is 0 Å². The molecule has 0 unspecified atom stereocenters. The molecular weight excluding hydrogens is 292 g/mol. The van der Waals surface area contributed by atoms with Crippen molar-refractivity contribution in [3.8, 4) is 0 Å². The molecule has 0 heterocycles. The number of aryl methyl sites for hydroxylation is 3. The predicted octanol–water partition coefficient (Wildman–Crippen LogP) is 4.57. The minimum absolute atomic E-state index is 0.557. The average Bonchev–Trinajstić information content (AvgIpc) is 2.58. The molecule has 2 rings (SSSR count). The summed E-state index contributed by atoms with van der Waals surface area (Å²) in [6, 6.07) is 16.9. The summed E-state index contributed by atoms with van der Waals surface area (Å²) in [6.07, 6.45) is 7.71. The number of nitrogens with two attached hydrogens (primary N) is 2. The molecule has 0 spiro atoms. The number of hydrogen-bond donors (Lipinski definition) is 2. The summed E-state index contributed by atoms with van der Waals surface area (Å²) in [6.45, 7) is 7.68. The lowest BCUT2D eigenvalue weighted by molar-refractivity contribution is 0.943. The van der Waals surface area contributed by atoms with Crippen LogP contribution in [0.25, 0.3) is 0 Å². The maximum absolute atomic E-state index is 5.71. The van der Waals surface area contributed by atoms with Crippen LogP contribution in [0.4, 0.5) is 5.69 Å². The van der Waals surface area contributed by atoms with Gasteiger partial charge in [-0.15, -0.1) is 0 Å². The van der Waals surface area contributed by atoms with Crippen LogP contribution in [0.15, 0.2) is 85.1 Å². The van der Waals surface area contributed by atoms with Crippen LogP contribution in [0.3, 0.4) is 0 Å². The SMILES string of the molecule is C=C(N)/C=C\C(=C)CCc1ccc(CCc2ccc(N)cc2)cc1. The van der Waals surface area contributed by atoms with Gasteiger partial charge >= 0.3 is 0 Å². The Bertz CT molecular complexity index is 707. The smallest absolute Gasteiger partial charge is 0.0314 e. The second-order valence-electron chi connectivity index (χ2n) is 6.12. The van der Waals surface area contributed by atoms with E-state index in [1.165, 1.54) is 16.7 Å². The third-order valence-corrected chi connectivity index (χ3v) is 3.97. The van der Waals surface area contributed by atoms with Crippen molar-refractivity contribution in [2.24, 2.45) is 5.73 Å². The zero-order valence-electron chi connectivity index (χ0n) is 14.2. The maximum atomic E-state index is 5.71. The first-order valence-corrected chi connectivity index (χ1v) is 8.25. The Labute approximate surface area is 145 Å². The zero-order chi connectivity index (χ0) is 17.4. The van der Waals surface area contributed by atoms with Gasteiger partial charge in [0.2, 0.25) is 0 Å². The van der Waals surface area contributed by atoms with Gasteiger partial charge in [0, 0.05) is 11.4 Å². The van der Waals surface area contributed by atoms with Gasteiger partial charge in [0.25, 0.3) is 0 Å². The second kappa shape index (κ2) is 8.78. The van der Waals surface area contributed by atoms with Crippen LogP contribution in [0.1, 0.15) is 23.1 Å². The molecule has 124 valence electrons. The number of anilines is 1. The molecule has 2 aromatic carbocycles. The molecule has 2 nitrogen and oxygen atoms in total. The van der Waals surface area contributed by atoms with Gasteiger partial charge in [0.1, 0.15) is 0 Å². The molecule has 0 amide bonds. The summed E-state index contributed by atoms with van der Waals surface area (Å²) in [5, 5.41) is 0. The maximum Gasteiger partial charge on any atom is 0.0314 e. The molecular formula is C22H26N2. The largest absolute Gasteiger partial charge is 0.399 e. The fourth-order valence-corrected chi connectivity index (χ4v) is 2.46. The van der Waals surface area contributed by atoms with Crippen LogP contribution in [0.2, 0.25) is 0 Å². The van der Waals surface area contributed by atoms with Gasteiger partial charge in [-0.25, -0.2) is 0 Å². The standard InChI is InChI=1S/C22H26N2/c1-17(3-5-18(2)23)4-6-19-7-9-20(10-8-19)11-12-21-13-15-22(24)16-14-21/h3,5,7-10,13-16H,1-2,4,6,11-12,23-24H2/b5-3-. The fraction of sp³-hybridized carbons (Fsp3) is 0.182. The molecule has 0 atom stereocenters. The summed E-state index contributed by atoms with van der Waals surface area (Å²) in [4.78, 5) is 0. The monoisotopic (exact) mass is 318 g/mol. The van der Waals surface area contributed by atoms with Crippen LogP contribution in [-0.2, 0) is 19.3 Å². The Morgan fingerprint density at radius 2 is 1.21 bits per heavy atom. The van der Waals surface area contributed by atoms with Crippen molar-refractivity contribution < 1.29 is 0 Å². The Balaban J connectivity index is 1.81. The van der Waals surface area contributed by atoms with Gasteiger partial charge in [-0.05, 0) is 60.6 Å². The van der Waals surface area contributed by atoms with E-state index in [1.807, 2.05) is 18.2 Å². The van der Waals surface area contributed by atoms with E-state index in [4.69, 9.17) is 11.5 Å². The van der Waals surface area contributed by atoms with Crippen molar-refractivity contribution in [1.29, 1.82) is 0 Å². The third-order valence-electron chi connectivity index (χ3n) is 3.97. The lowest BCUT2D eigenvalue weighted by Crippen LogP contribution is -1.94. The molecule has 0 saturated carbocycles. The molecule has 0 aliphatic heterocycles. The molecule has 0 saturated heterocycles. The molecule has 2 heteroatoms. The summed E-state index contributed by atoms with van der Waals surface area (Å²) < 4.78 is 0. The van der Waals surface area contributed by atoms with Gasteiger partial charge in [0.15, 0.2) is 0 Å². The van der Waals surface area contributed by atoms with E-state index in [0.29, 0.717) is 5.70 Å². The number of rotatable bonds is 8. The number of hydrogen-bond acceptors (Lipinski definition) is 2. The minimum atomic E-state index is 0.557. The molecule has 0 aliphatic rings. The molecule has 0 bridgehead atoms. The molecule has 4 N–H and O–H groups in total. The molecule has 24 heavy (non-hydrogen) atoms. The van der Waals surface area contributed by atoms with Crippen LogP contribution in [-0.4, -0.2) is 0 Å². The molecule has 2 aromatic rings. The van der Waals surface area contributed by atoms with Gasteiger partial charge in [0.05, 0.1) is 0 Å². The summed E-state index contributed by atoms with van der Waals surface area (Å²) >= 11 is 0. The van der Waals surface area contributed by atoms with Crippen molar-refractivity contribution in [3.63, 3.8) is 0 Å². The fourth-order valence-electron chi connectivity index (χ4n) is 2.46. The van der Waals surface area contributed by atoms with E-state index in [-0.39, 0.29) is 0 Å². The lowest BCUT2D eigenvalue weighted by Gasteiger charge is -2.06.